The first-order valence-corrected chi connectivity index (χ1v) is 8.45. The summed E-state index contributed by atoms with van der Waals surface area (Å²) in [6.07, 6.45) is 1.79. The molecule has 1 nitrogen and oxygen atoms in total. The third-order valence-corrected chi connectivity index (χ3v) is 4.78. The molecule has 0 atom stereocenters. The molecule has 0 aliphatic heterocycles. The first-order chi connectivity index (χ1) is 12.4. The highest BCUT2D eigenvalue weighted by Gasteiger charge is 2.15. The monoisotopic (exact) mass is 320 g/mol. The van der Waals surface area contributed by atoms with Gasteiger partial charge in [-0.25, -0.2) is 0 Å². The molecule has 4 aromatic carbocycles. The van der Waals surface area contributed by atoms with Crippen molar-refractivity contribution in [3.63, 3.8) is 0 Å². The Bertz CT molecular complexity index is 1090. The van der Waals surface area contributed by atoms with E-state index in [2.05, 4.69) is 91.0 Å². The van der Waals surface area contributed by atoms with Gasteiger partial charge in [0, 0.05) is 11.1 Å². The quantitative estimate of drug-likeness (QED) is 0.344. The third kappa shape index (κ3) is 2.25. The molecule has 0 fully saturated rings. The summed E-state index contributed by atoms with van der Waals surface area (Å²) >= 11 is 0. The van der Waals surface area contributed by atoms with Crippen molar-refractivity contribution in [3.8, 4) is 22.5 Å². The van der Waals surface area contributed by atoms with Gasteiger partial charge in [0.2, 0.25) is 0 Å². The van der Waals surface area contributed by atoms with Gasteiger partial charge in [0.25, 0.3) is 0 Å². The van der Waals surface area contributed by atoms with Crippen LogP contribution in [0.15, 0.2) is 102 Å². The van der Waals surface area contributed by atoms with Crippen molar-refractivity contribution in [3.05, 3.63) is 97.3 Å². The van der Waals surface area contributed by atoms with E-state index in [0.717, 1.165) is 16.9 Å². The molecule has 1 aromatic heterocycles. The van der Waals surface area contributed by atoms with Gasteiger partial charge < -0.3 is 4.42 Å². The van der Waals surface area contributed by atoms with E-state index < -0.39 is 0 Å². The number of rotatable bonds is 2. The molecule has 25 heavy (non-hydrogen) atoms. The molecule has 0 saturated heterocycles. The minimum atomic E-state index is 0.924. The fourth-order valence-electron chi connectivity index (χ4n) is 3.61. The minimum Gasteiger partial charge on any atom is -0.464 e. The molecular weight excluding hydrogens is 304 g/mol. The fraction of sp³-hybridized carbons (Fsp3) is 0. The molecule has 1 heterocycles. The summed E-state index contributed by atoms with van der Waals surface area (Å²) in [5.74, 6) is 0.924. The maximum Gasteiger partial charge on any atom is 0.142 e. The van der Waals surface area contributed by atoms with Crippen LogP contribution < -0.4 is 0 Å². The largest absolute Gasteiger partial charge is 0.464 e. The van der Waals surface area contributed by atoms with E-state index in [-0.39, 0.29) is 0 Å². The molecule has 0 bridgehead atoms. The second-order valence-corrected chi connectivity index (χ2v) is 6.22. The van der Waals surface area contributed by atoms with Crippen molar-refractivity contribution in [1.82, 2.24) is 0 Å². The van der Waals surface area contributed by atoms with Gasteiger partial charge >= 0.3 is 0 Å². The van der Waals surface area contributed by atoms with Crippen molar-refractivity contribution in [2.24, 2.45) is 0 Å². The first kappa shape index (κ1) is 14.1. The van der Waals surface area contributed by atoms with E-state index in [9.17, 15) is 0 Å². The van der Waals surface area contributed by atoms with Crippen LogP contribution in [0, 0.1) is 0 Å². The summed E-state index contributed by atoms with van der Waals surface area (Å²) in [6.45, 7) is 0. The second kappa shape index (κ2) is 5.64. The number of benzene rings is 4. The summed E-state index contributed by atoms with van der Waals surface area (Å²) in [6, 6.07) is 31.8. The van der Waals surface area contributed by atoms with Crippen molar-refractivity contribution < 1.29 is 4.42 Å². The summed E-state index contributed by atoms with van der Waals surface area (Å²) in [5.41, 5.74) is 3.47. The Balaban J connectivity index is 1.80. The molecule has 118 valence electrons. The Kier molecular flexibility index (Phi) is 3.17. The number of furan rings is 1. The lowest BCUT2D eigenvalue weighted by molar-refractivity contribution is 0.583. The Morgan fingerprint density at radius 2 is 1.00 bits per heavy atom. The topological polar surface area (TPSA) is 13.1 Å². The molecule has 1 heteroatoms. The van der Waals surface area contributed by atoms with Crippen molar-refractivity contribution >= 4 is 21.5 Å². The highest BCUT2D eigenvalue weighted by Crippen LogP contribution is 2.39. The van der Waals surface area contributed by atoms with Gasteiger partial charge in [-0.2, -0.15) is 0 Å². The van der Waals surface area contributed by atoms with Crippen LogP contribution in [0.3, 0.4) is 0 Å². The van der Waals surface area contributed by atoms with Gasteiger partial charge in [-0.15, -0.1) is 0 Å². The molecule has 0 spiro atoms. The average Bonchev–Trinajstić information content (AvgIpc) is 3.16. The zero-order valence-corrected chi connectivity index (χ0v) is 13.6. The fourth-order valence-corrected chi connectivity index (χ4v) is 3.61. The molecule has 0 amide bonds. The van der Waals surface area contributed by atoms with Crippen LogP contribution >= 0.6 is 0 Å². The SMILES string of the molecule is c1ccc2c(-c3ccoc3-c3cccc4ccccc34)cccc2c1. The van der Waals surface area contributed by atoms with Crippen LogP contribution in [0.1, 0.15) is 0 Å². The first-order valence-electron chi connectivity index (χ1n) is 8.45. The Hall–Kier alpha value is -3.32. The van der Waals surface area contributed by atoms with Gasteiger partial charge in [-0.1, -0.05) is 84.9 Å². The van der Waals surface area contributed by atoms with Crippen molar-refractivity contribution in [1.29, 1.82) is 0 Å². The second-order valence-electron chi connectivity index (χ2n) is 6.22. The molecule has 5 rings (SSSR count). The summed E-state index contributed by atoms with van der Waals surface area (Å²) in [7, 11) is 0. The van der Waals surface area contributed by atoms with E-state index in [4.69, 9.17) is 4.42 Å². The lowest BCUT2D eigenvalue weighted by Gasteiger charge is -2.09. The molecular formula is C24H16O. The number of hydrogen-bond donors (Lipinski definition) is 0. The molecule has 5 aromatic rings. The molecule has 0 radical (unpaired) electrons. The van der Waals surface area contributed by atoms with E-state index >= 15 is 0 Å². The standard InChI is InChI=1S/C24H16O/c1-3-11-19-17(7-1)9-5-13-21(19)23-15-16-25-24(23)22-14-6-10-18-8-2-4-12-20(18)22/h1-16H. The van der Waals surface area contributed by atoms with E-state index in [1.807, 2.05) is 0 Å². The highest BCUT2D eigenvalue weighted by atomic mass is 16.3. The maximum absolute atomic E-state index is 5.96. The Morgan fingerprint density at radius 3 is 1.72 bits per heavy atom. The van der Waals surface area contributed by atoms with Gasteiger partial charge in [0.1, 0.15) is 5.76 Å². The number of hydrogen-bond acceptors (Lipinski definition) is 1. The lowest BCUT2D eigenvalue weighted by atomic mass is 9.94. The van der Waals surface area contributed by atoms with Crippen molar-refractivity contribution in [2.45, 2.75) is 0 Å². The normalized spacial score (nSPS) is 11.2. The molecule has 0 aliphatic carbocycles. The summed E-state index contributed by atoms with van der Waals surface area (Å²) in [5, 5.41) is 4.92. The van der Waals surface area contributed by atoms with E-state index in [1.165, 1.54) is 27.1 Å². The minimum absolute atomic E-state index is 0.924. The Morgan fingerprint density at radius 1 is 0.440 bits per heavy atom. The predicted molar refractivity (Wildman–Crippen MR) is 105 cm³/mol. The van der Waals surface area contributed by atoms with Crippen LogP contribution in [-0.4, -0.2) is 0 Å². The van der Waals surface area contributed by atoms with Gasteiger partial charge in [-0.3, -0.25) is 0 Å². The van der Waals surface area contributed by atoms with Gasteiger partial charge in [0.05, 0.1) is 6.26 Å². The number of fused-ring (bicyclic) bond motifs is 2. The van der Waals surface area contributed by atoms with Crippen LogP contribution in [-0.2, 0) is 0 Å². The van der Waals surface area contributed by atoms with E-state index in [1.54, 1.807) is 6.26 Å². The average molecular weight is 320 g/mol. The predicted octanol–water partition coefficient (Wildman–Crippen LogP) is 6.92. The van der Waals surface area contributed by atoms with E-state index in [0.29, 0.717) is 0 Å². The van der Waals surface area contributed by atoms with Crippen LogP contribution in [0.25, 0.3) is 44.0 Å². The van der Waals surface area contributed by atoms with Crippen LogP contribution in [0.2, 0.25) is 0 Å². The maximum atomic E-state index is 5.96. The highest BCUT2D eigenvalue weighted by molar-refractivity contribution is 6.03. The molecule has 0 N–H and O–H groups in total. The molecule has 0 saturated carbocycles. The van der Waals surface area contributed by atoms with Crippen LogP contribution in [0.5, 0.6) is 0 Å². The zero-order valence-electron chi connectivity index (χ0n) is 13.6. The lowest BCUT2D eigenvalue weighted by Crippen LogP contribution is -1.84. The smallest absolute Gasteiger partial charge is 0.142 e. The van der Waals surface area contributed by atoms with Crippen molar-refractivity contribution in [2.75, 3.05) is 0 Å². The summed E-state index contributed by atoms with van der Waals surface area (Å²) < 4.78 is 5.96. The Labute approximate surface area is 146 Å². The van der Waals surface area contributed by atoms with Gasteiger partial charge in [-0.05, 0) is 33.2 Å². The molecule has 0 unspecified atom stereocenters. The van der Waals surface area contributed by atoms with Gasteiger partial charge in [0.15, 0.2) is 0 Å². The molecule has 0 aliphatic rings. The third-order valence-electron chi connectivity index (χ3n) is 4.78. The summed E-state index contributed by atoms with van der Waals surface area (Å²) in [4.78, 5) is 0. The zero-order chi connectivity index (χ0) is 16.6. The van der Waals surface area contributed by atoms with Crippen LogP contribution in [0.4, 0.5) is 0 Å².